The van der Waals surface area contributed by atoms with Crippen molar-refractivity contribution in [3.8, 4) is 0 Å². The van der Waals surface area contributed by atoms with Gasteiger partial charge in [-0.15, -0.1) is 0 Å². The third-order valence-electron chi connectivity index (χ3n) is 3.95. The molecule has 0 aromatic heterocycles. The highest BCUT2D eigenvalue weighted by molar-refractivity contribution is 7.89. The standard InChI is InChI=1S/C14H22N2O2S/c1-4-13-8-6-11(3)16(13)19(17,18)14-9-12(15)7-5-10(14)2/h5,7,9,11,13H,4,6,8,15H2,1-3H3. The molecule has 1 aliphatic rings. The fourth-order valence-electron chi connectivity index (χ4n) is 2.87. The Balaban J connectivity index is 2.50. The Morgan fingerprint density at radius 1 is 1.37 bits per heavy atom. The van der Waals surface area contributed by atoms with Crippen LogP contribution in [0, 0.1) is 6.92 Å². The molecule has 0 aliphatic carbocycles. The van der Waals surface area contributed by atoms with Crippen LogP contribution in [-0.2, 0) is 10.0 Å². The molecule has 4 nitrogen and oxygen atoms in total. The smallest absolute Gasteiger partial charge is 0.243 e. The normalized spacial score (nSPS) is 24.8. The number of nitrogen functional groups attached to an aromatic ring is 1. The first-order valence-electron chi connectivity index (χ1n) is 6.77. The topological polar surface area (TPSA) is 63.4 Å². The van der Waals surface area contributed by atoms with Gasteiger partial charge in [-0.25, -0.2) is 8.42 Å². The zero-order valence-corrected chi connectivity index (χ0v) is 12.6. The summed E-state index contributed by atoms with van der Waals surface area (Å²) in [5.41, 5.74) is 6.98. The average Bonchev–Trinajstić information content (AvgIpc) is 2.74. The number of benzene rings is 1. The van der Waals surface area contributed by atoms with E-state index in [1.165, 1.54) is 0 Å². The minimum Gasteiger partial charge on any atom is -0.399 e. The number of hydrogen-bond acceptors (Lipinski definition) is 3. The lowest BCUT2D eigenvalue weighted by Gasteiger charge is -2.27. The Labute approximate surface area is 115 Å². The van der Waals surface area contributed by atoms with Crippen molar-refractivity contribution in [3.63, 3.8) is 0 Å². The molecule has 1 saturated heterocycles. The molecule has 2 atom stereocenters. The fraction of sp³-hybridized carbons (Fsp3) is 0.571. The summed E-state index contributed by atoms with van der Waals surface area (Å²) in [4.78, 5) is 0.347. The van der Waals surface area contributed by atoms with E-state index in [1.54, 1.807) is 22.5 Å². The van der Waals surface area contributed by atoms with E-state index >= 15 is 0 Å². The zero-order valence-electron chi connectivity index (χ0n) is 11.8. The maximum atomic E-state index is 12.9. The average molecular weight is 282 g/mol. The number of rotatable bonds is 3. The van der Waals surface area contributed by atoms with Crippen LogP contribution in [0.3, 0.4) is 0 Å². The number of sulfonamides is 1. The Morgan fingerprint density at radius 3 is 2.68 bits per heavy atom. The van der Waals surface area contributed by atoms with E-state index in [9.17, 15) is 8.42 Å². The minimum absolute atomic E-state index is 0.0655. The summed E-state index contributed by atoms with van der Waals surface area (Å²) in [7, 11) is -3.45. The summed E-state index contributed by atoms with van der Waals surface area (Å²) in [6.45, 7) is 5.83. The van der Waals surface area contributed by atoms with Gasteiger partial charge in [-0.3, -0.25) is 0 Å². The number of anilines is 1. The largest absolute Gasteiger partial charge is 0.399 e. The molecule has 19 heavy (non-hydrogen) atoms. The predicted octanol–water partition coefficient (Wildman–Crippen LogP) is 2.53. The quantitative estimate of drug-likeness (QED) is 0.866. The van der Waals surface area contributed by atoms with Crippen LogP contribution < -0.4 is 5.73 Å². The van der Waals surface area contributed by atoms with E-state index < -0.39 is 10.0 Å². The van der Waals surface area contributed by atoms with Crippen LogP contribution in [0.25, 0.3) is 0 Å². The van der Waals surface area contributed by atoms with Crippen LogP contribution in [0.5, 0.6) is 0 Å². The van der Waals surface area contributed by atoms with Crippen molar-refractivity contribution < 1.29 is 8.42 Å². The number of nitrogens with two attached hydrogens (primary N) is 1. The molecule has 1 aliphatic heterocycles. The summed E-state index contributed by atoms with van der Waals surface area (Å²) < 4.78 is 27.4. The highest BCUT2D eigenvalue weighted by Gasteiger charge is 2.39. The molecule has 1 heterocycles. The highest BCUT2D eigenvalue weighted by atomic mass is 32.2. The highest BCUT2D eigenvalue weighted by Crippen LogP contribution is 2.33. The van der Waals surface area contributed by atoms with Crippen molar-refractivity contribution in [2.24, 2.45) is 0 Å². The van der Waals surface area contributed by atoms with Crippen LogP contribution in [0.15, 0.2) is 23.1 Å². The molecule has 2 unspecified atom stereocenters. The summed E-state index contributed by atoms with van der Waals surface area (Å²) in [5, 5.41) is 0. The molecular formula is C14H22N2O2S. The van der Waals surface area contributed by atoms with E-state index in [0.717, 1.165) is 24.8 Å². The van der Waals surface area contributed by atoms with Crippen molar-refractivity contribution in [1.82, 2.24) is 4.31 Å². The van der Waals surface area contributed by atoms with Crippen LogP contribution in [-0.4, -0.2) is 24.8 Å². The van der Waals surface area contributed by atoms with Gasteiger partial charge in [0.2, 0.25) is 10.0 Å². The molecule has 2 N–H and O–H groups in total. The minimum atomic E-state index is -3.45. The summed E-state index contributed by atoms with van der Waals surface area (Å²) in [6, 6.07) is 5.25. The third kappa shape index (κ3) is 2.49. The van der Waals surface area contributed by atoms with E-state index in [1.807, 2.05) is 20.8 Å². The third-order valence-corrected chi connectivity index (χ3v) is 6.16. The van der Waals surface area contributed by atoms with Crippen molar-refractivity contribution in [1.29, 1.82) is 0 Å². The van der Waals surface area contributed by atoms with Crippen molar-refractivity contribution in [2.75, 3.05) is 5.73 Å². The molecule has 2 rings (SSSR count). The summed E-state index contributed by atoms with van der Waals surface area (Å²) >= 11 is 0. The summed E-state index contributed by atoms with van der Waals surface area (Å²) in [5.74, 6) is 0. The van der Waals surface area contributed by atoms with Crippen LogP contribution in [0.2, 0.25) is 0 Å². The first kappa shape index (κ1) is 14.3. The van der Waals surface area contributed by atoms with Gasteiger partial charge in [-0.1, -0.05) is 13.0 Å². The Morgan fingerprint density at radius 2 is 2.05 bits per heavy atom. The van der Waals surface area contributed by atoms with Gasteiger partial charge in [0, 0.05) is 17.8 Å². The Kier molecular flexibility index (Phi) is 3.87. The van der Waals surface area contributed by atoms with Gasteiger partial charge in [-0.2, -0.15) is 4.31 Å². The molecule has 0 spiro atoms. The molecule has 0 amide bonds. The molecule has 0 saturated carbocycles. The zero-order chi connectivity index (χ0) is 14.2. The number of nitrogens with zero attached hydrogens (tertiary/aromatic N) is 1. The molecule has 1 fully saturated rings. The first-order chi connectivity index (χ1) is 8.87. The lowest BCUT2D eigenvalue weighted by atomic mass is 10.2. The molecule has 1 aromatic carbocycles. The van der Waals surface area contributed by atoms with E-state index in [2.05, 4.69) is 0 Å². The lowest BCUT2D eigenvalue weighted by Crippen LogP contribution is -2.39. The van der Waals surface area contributed by atoms with Gasteiger partial charge in [0.15, 0.2) is 0 Å². The maximum absolute atomic E-state index is 12.9. The second-order valence-corrected chi connectivity index (χ2v) is 7.16. The van der Waals surface area contributed by atoms with Crippen molar-refractivity contribution >= 4 is 15.7 Å². The van der Waals surface area contributed by atoms with Gasteiger partial charge in [0.25, 0.3) is 0 Å². The molecule has 0 bridgehead atoms. The molecule has 1 aromatic rings. The van der Waals surface area contributed by atoms with E-state index in [-0.39, 0.29) is 12.1 Å². The van der Waals surface area contributed by atoms with Gasteiger partial charge >= 0.3 is 0 Å². The second kappa shape index (κ2) is 5.13. The number of hydrogen-bond donors (Lipinski definition) is 1. The molecule has 5 heteroatoms. The fourth-order valence-corrected chi connectivity index (χ4v) is 5.09. The Bertz CT molecular complexity index is 569. The van der Waals surface area contributed by atoms with Gasteiger partial charge < -0.3 is 5.73 Å². The summed E-state index contributed by atoms with van der Waals surface area (Å²) in [6.07, 6.45) is 2.72. The number of aryl methyl sites for hydroxylation is 1. The Hall–Kier alpha value is -1.07. The van der Waals surface area contributed by atoms with Gasteiger partial charge in [-0.05, 0) is 50.8 Å². The van der Waals surface area contributed by atoms with Crippen molar-refractivity contribution in [2.45, 2.75) is 57.0 Å². The molecule has 106 valence electrons. The lowest BCUT2D eigenvalue weighted by molar-refractivity contribution is 0.328. The first-order valence-corrected chi connectivity index (χ1v) is 8.21. The van der Waals surface area contributed by atoms with Crippen LogP contribution in [0.1, 0.15) is 38.7 Å². The molecule has 0 radical (unpaired) electrons. The maximum Gasteiger partial charge on any atom is 0.243 e. The second-order valence-electron chi connectivity index (χ2n) is 5.35. The van der Waals surface area contributed by atoms with E-state index in [4.69, 9.17) is 5.73 Å². The molecular weight excluding hydrogens is 260 g/mol. The van der Waals surface area contributed by atoms with Crippen LogP contribution in [0.4, 0.5) is 5.69 Å². The predicted molar refractivity (Wildman–Crippen MR) is 77.4 cm³/mol. The SMILES string of the molecule is CCC1CCC(C)N1S(=O)(=O)c1cc(N)ccc1C. The van der Waals surface area contributed by atoms with Crippen LogP contribution >= 0.6 is 0 Å². The van der Waals surface area contributed by atoms with E-state index in [0.29, 0.717) is 10.6 Å². The monoisotopic (exact) mass is 282 g/mol. The van der Waals surface area contributed by atoms with Crippen molar-refractivity contribution in [3.05, 3.63) is 23.8 Å². The van der Waals surface area contributed by atoms with Gasteiger partial charge in [0.05, 0.1) is 4.90 Å². The van der Waals surface area contributed by atoms with Gasteiger partial charge in [0.1, 0.15) is 0 Å².